The number of rotatable bonds is 6. The largest absolute Gasteiger partial charge is 0.497 e. The van der Waals surface area contributed by atoms with Crippen molar-refractivity contribution in [1.29, 1.82) is 0 Å². The second-order valence-electron chi connectivity index (χ2n) is 6.44. The van der Waals surface area contributed by atoms with Gasteiger partial charge >= 0.3 is 5.69 Å². The number of methoxy groups -OCH3 is 1. The van der Waals surface area contributed by atoms with Crippen LogP contribution in [0.15, 0.2) is 52.2 Å². The topological polar surface area (TPSA) is 99.4 Å². The molecule has 1 amide bonds. The zero-order valence-corrected chi connectivity index (χ0v) is 16.6. The normalized spacial score (nSPS) is 11.5. The Bertz CT molecular complexity index is 1210. The van der Waals surface area contributed by atoms with Crippen molar-refractivity contribution in [2.24, 2.45) is 14.1 Å². The van der Waals surface area contributed by atoms with Gasteiger partial charge in [-0.05, 0) is 35.9 Å². The molecule has 1 heterocycles. The van der Waals surface area contributed by atoms with Crippen LogP contribution >= 0.6 is 0 Å². The van der Waals surface area contributed by atoms with Gasteiger partial charge < -0.3 is 10.1 Å². The van der Waals surface area contributed by atoms with Gasteiger partial charge in [-0.15, -0.1) is 0 Å². The number of nitrogens with zero attached hydrogens (tertiary/aromatic N) is 2. The molecule has 0 aliphatic carbocycles. The van der Waals surface area contributed by atoms with Gasteiger partial charge in [-0.1, -0.05) is 12.1 Å². The fourth-order valence-electron chi connectivity index (χ4n) is 2.97. The van der Waals surface area contributed by atoms with Crippen LogP contribution in [-0.2, 0) is 35.3 Å². The molecule has 148 valence electrons. The van der Waals surface area contributed by atoms with E-state index in [1.807, 2.05) is 0 Å². The molecular weight excluding hydrogens is 382 g/mol. The van der Waals surface area contributed by atoms with Crippen molar-refractivity contribution in [3.63, 3.8) is 0 Å². The number of fused-ring (bicyclic) bond motifs is 1. The number of aromatic nitrogens is 2. The number of imidazole rings is 1. The number of nitrogens with one attached hydrogen (secondary N) is 1. The van der Waals surface area contributed by atoms with Crippen molar-refractivity contribution >= 4 is 26.8 Å². The fourth-order valence-corrected chi connectivity index (χ4v) is 4.15. The summed E-state index contributed by atoms with van der Waals surface area (Å²) in [5.74, 6) is -0.630. The molecule has 0 aliphatic rings. The molecule has 0 aliphatic heterocycles. The molecule has 28 heavy (non-hydrogen) atoms. The first-order chi connectivity index (χ1) is 13.2. The zero-order chi connectivity index (χ0) is 20.5. The Morgan fingerprint density at radius 3 is 2.50 bits per heavy atom. The van der Waals surface area contributed by atoms with Crippen LogP contribution in [0.5, 0.6) is 5.75 Å². The molecule has 0 saturated carbocycles. The van der Waals surface area contributed by atoms with Crippen molar-refractivity contribution in [3.8, 4) is 5.75 Å². The predicted octanol–water partition coefficient (Wildman–Crippen LogP) is 0.976. The van der Waals surface area contributed by atoms with Crippen LogP contribution in [0.3, 0.4) is 0 Å². The Morgan fingerprint density at radius 1 is 1.07 bits per heavy atom. The quantitative estimate of drug-likeness (QED) is 0.661. The van der Waals surface area contributed by atoms with Crippen molar-refractivity contribution in [1.82, 2.24) is 14.5 Å². The number of hydrogen-bond acceptors (Lipinski definition) is 5. The van der Waals surface area contributed by atoms with E-state index in [1.165, 1.54) is 21.3 Å². The molecule has 3 rings (SSSR count). The highest BCUT2D eigenvalue weighted by Gasteiger charge is 2.21. The van der Waals surface area contributed by atoms with Crippen molar-refractivity contribution in [2.75, 3.05) is 12.9 Å². The second kappa shape index (κ2) is 7.51. The van der Waals surface area contributed by atoms with Crippen LogP contribution in [0.1, 0.15) is 5.56 Å². The zero-order valence-electron chi connectivity index (χ0n) is 15.8. The standard InChI is InChI=1S/C19H21N3O5S/c1-21-16-8-7-15(10-17(16)22(2)19(21)24)28(25,26)12-18(23)20-11-13-5-4-6-14(9-13)27-3/h4-10H,11-12H2,1-3H3,(H,20,23). The van der Waals surface area contributed by atoms with Crippen LogP contribution < -0.4 is 15.7 Å². The van der Waals surface area contributed by atoms with Crippen LogP contribution in [0.25, 0.3) is 11.0 Å². The summed E-state index contributed by atoms with van der Waals surface area (Å²) in [5.41, 5.74) is 1.66. The lowest BCUT2D eigenvalue weighted by atomic mass is 10.2. The Hall–Kier alpha value is -3.07. The lowest BCUT2D eigenvalue weighted by Gasteiger charge is -2.08. The third-order valence-electron chi connectivity index (χ3n) is 4.55. The lowest BCUT2D eigenvalue weighted by molar-refractivity contribution is -0.118. The number of carbonyl (C=O) groups excluding carboxylic acids is 1. The summed E-state index contributed by atoms with van der Waals surface area (Å²) in [6.07, 6.45) is 0. The minimum Gasteiger partial charge on any atom is -0.497 e. The summed E-state index contributed by atoms with van der Waals surface area (Å²) in [7, 11) is 0.883. The summed E-state index contributed by atoms with van der Waals surface area (Å²) in [6, 6.07) is 11.5. The third-order valence-corrected chi connectivity index (χ3v) is 6.16. The molecule has 0 spiro atoms. The number of benzene rings is 2. The summed E-state index contributed by atoms with van der Waals surface area (Å²) < 4.78 is 33.2. The van der Waals surface area contributed by atoms with E-state index in [0.29, 0.717) is 16.8 Å². The minimum absolute atomic E-state index is 0.00210. The smallest absolute Gasteiger partial charge is 0.328 e. The Morgan fingerprint density at radius 2 is 1.79 bits per heavy atom. The number of ether oxygens (including phenoxy) is 1. The first-order valence-electron chi connectivity index (χ1n) is 8.51. The Kier molecular flexibility index (Phi) is 5.28. The molecule has 0 bridgehead atoms. The molecule has 3 aromatic rings. The van der Waals surface area contributed by atoms with Gasteiger partial charge in [-0.2, -0.15) is 0 Å². The first-order valence-corrected chi connectivity index (χ1v) is 10.2. The van der Waals surface area contributed by atoms with Crippen LogP contribution in [0, 0.1) is 0 Å². The summed E-state index contributed by atoms with van der Waals surface area (Å²) in [5, 5.41) is 2.60. The molecule has 2 aromatic carbocycles. The lowest BCUT2D eigenvalue weighted by Crippen LogP contribution is -2.29. The second-order valence-corrected chi connectivity index (χ2v) is 8.43. The fraction of sp³-hybridized carbons (Fsp3) is 0.263. The van der Waals surface area contributed by atoms with E-state index in [9.17, 15) is 18.0 Å². The Labute approximate surface area is 162 Å². The molecule has 9 heteroatoms. The average molecular weight is 403 g/mol. The van der Waals surface area contributed by atoms with Gasteiger partial charge in [0.05, 0.1) is 23.0 Å². The van der Waals surface area contributed by atoms with Gasteiger partial charge in [0.15, 0.2) is 9.84 Å². The van der Waals surface area contributed by atoms with Crippen LogP contribution in [-0.4, -0.2) is 36.3 Å². The maximum Gasteiger partial charge on any atom is 0.328 e. The van der Waals surface area contributed by atoms with E-state index in [0.717, 1.165) is 5.56 Å². The van der Waals surface area contributed by atoms with Gasteiger partial charge in [0.25, 0.3) is 0 Å². The molecular formula is C19H21N3O5S. The van der Waals surface area contributed by atoms with Gasteiger partial charge in [-0.3, -0.25) is 13.9 Å². The highest BCUT2D eigenvalue weighted by molar-refractivity contribution is 7.92. The highest BCUT2D eigenvalue weighted by atomic mass is 32.2. The molecule has 0 radical (unpaired) electrons. The maximum absolute atomic E-state index is 12.6. The van der Waals surface area contributed by atoms with Crippen LogP contribution in [0.4, 0.5) is 0 Å². The van der Waals surface area contributed by atoms with Gasteiger partial charge in [0, 0.05) is 20.6 Å². The van der Waals surface area contributed by atoms with Gasteiger partial charge in [-0.25, -0.2) is 13.2 Å². The summed E-state index contributed by atoms with van der Waals surface area (Å²) in [6.45, 7) is 0.192. The van der Waals surface area contributed by atoms with E-state index in [-0.39, 0.29) is 17.1 Å². The van der Waals surface area contributed by atoms with E-state index in [1.54, 1.807) is 51.5 Å². The highest BCUT2D eigenvalue weighted by Crippen LogP contribution is 2.19. The molecule has 0 unspecified atom stereocenters. The number of amides is 1. The number of sulfone groups is 1. The number of aryl methyl sites for hydroxylation is 2. The number of carbonyl (C=O) groups is 1. The summed E-state index contributed by atoms with van der Waals surface area (Å²) in [4.78, 5) is 24.2. The van der Waals surface area contributed by atoms with E-state index >= 15 is 0 Å². The van der Waals surface area contributed by atoms with Gasteiger partial charge in [0.1, 0.15) is 11.5 Å². The molecule has 0 fully saturated rings. The average Bonchev–Trinajstić information content (AvgIpc) is 2.90. The van der Waals surface area contributed by atoms with E-state index < -0.39 is 21.5 Å². The molecule has 0 saturated heterocycles. The molecule has 8 nitrogen and oxygen atoms in total. The van der Waals surface area contributed by atoms with Gasteiger partial charge in [0.2, 0.25) is 5.91 Å². The van der Waals surface area contributed by atoms with Crippen LogP contribution in [0.2, 0.25) is 0 Å². The van der Waals surface area contributed by atoms with Crippen molar-refractivity contribution < 1.29 is 17.9 Å². The van der Waals surface area contributed by atoms with Crippen molar-refractivity contribution in [3.05, 3.63) is 58.5 Å². The SMILES string of the molecule is COc1cccc(CNC(=O)CS(=O)(=O)c2ccc3c(c2)n(C)c(=O)n3C)c1. The summed E-state index contributed by atoms with van der Waals surface area (Å²) >= 11 is 0. The van der Waals surface area contributed by atoms with E-state index in [2.05, 4.69) is 5.32 Å². The minimum atomic E-state index is -3.85. The maximum atomic E-state index is 12.6. The Balaban J connectivity index is 1.75. The van der Waals surface area contributed by atoms with Crippen molar-refractivity contribution in [2.45, 2.75) is 11.4 Å². The molecule has 1 N–H and O–H groups in total. The van der Waals surface area contributed by atoms with E-state index in [4.69, 9.17) is 4.74 Å². The monoisotopic (exact) mass is 403 g/mol. The number of hydrogen-bond donors (Lipinski definition) is 1. The third kappa shape index (κ3) is 3.79. The predicted molar refractivity (Wildman–Crippen MR) is 105 cm³/mol. The molecule has 1 aromatic heterocycles. The first kappa shape index (κ1) is 19.7. The molecule has 0 atom stereocenters.